The Morgan fingerprint density at radius 1 is 1.62 bits per heavy atom. The molecular weight excluding hydrogens is 268 g/mol. The molecule has 0 saturated heterocycles. The average molecular weight is 281 g/mol. The second-order valence-electron chi connectivity index (χ2n) is 3.76. The van der Waals surface area contributed by atoms with E-state index in [9.17, 15) is 4.79 Å². The molecule has 0 saturated carbocycles. The zero-order chi connectivity index (χ0) is 12.2. The van der Waals surface area contributed by atoms with Crippen LogP contribution in [0.5, 0.6) is 0 Å². The molecule has 1 unspecified atom stereocenters. The lowest BCUT2D eigenvalue weighted by molar-refractivity contribution is -0.122. The molecule has 0 aliphatic carbocycles. The van der Waals surface area contributed by atoms with Crippen LogP contribution in [0.2, 0.25) is 0 Å². The molecule has 0 aliphatic heterocycles. The molecule has 84 valence electrons. The first-order valence-corrected chi connectivity index (χ1v) is 5.79. The maximum absolute atomic E-state index is 11.9. The average Bonchev–Trinajstić information content (AvgIpc) is 2.28. The van der Waals surface area contributed by atoms with Crippen molar-refractivity contribution >= 4 is 27.5 Å². The van der Waals surface area contributed by atoms with E-state index in [1.807, 2.05) is 25.1 Å². The van der Waals surface area contributed by atoms with Gasteiger partial charge in [-0.25, -0.2) is 0 Å². The van der Waals surface area contributed by atoms with E-state index in [1.54, 1.807) is 19.1 Å². The van der Waals surface area contributed by atoms with E-state index in [-0.39, 0.29) is 5.91 Å². The SMILES string of the molecule is CCC(C)(C#N)C(=O)Nc1cccc(Br)c1. The first-order chi connectivity index (χ1) is 7.51. The Morgan fingerprint density at radius 2 is 2.31 bits per heavy atom. The number of nitrogens with one attached hydrogen (secondary N) is 1. The predicted octanol–water partition coefficient (Wildman–Crippen LogP) is 3.33. The van der Waals surface area contributed by atoms with Crippen LogP contribution in [-0.4, -0.2) is 5.91 Å². The summed E-state index contributed by atoms with van der Waals surface area (Å²) >= 11 is 3.32. The molecule has 0 bridgehead atoms. The summed E-state index contributed by atoms with van der Waals surface area (Å²) in [7, 11) is 0. The second kappa shape index (κ2) is 5.13. The summed E-state index contributed by atoms with van der Waals surface area (Å²) < 4.78 is 0.889. The summed E-state index contributed by atoms with van der Waals surface area (Å²) in [6.07, 6.45) is 0.489. The molecule has 1 aromatic carbocycles. The molecule has 1 atom stereocenters. The van der Waals surface area contributed by atoms with Crippen LogP contribution in [0.1, 0.15) is 20.3 Å². The van der Waals surface area contributed by atoms with E-state index in [1.165, 1.54) is 0 Å². The van der Waals surface area contributed by atoms with Gasteiger partial charge in [-0.05, 0) is 31.5 Å². The number of halogens is 1. The van der Waals surface area contributed by atoms with Gasteiger partial charge in [-0.15, -0.1) is 0 Å². The van der Waals surface area contributed by atoms with Gasteiger partial charge >= 0.3 is 0 Å². The molecule has 0 fully saturated rings. The van der Waals surface area contributed by atoms with Crippen LogP contribution < -0.4 is 5.32 Å². The van der Waals surface area contributed by atoms with Gasteiger partial charge in [0.15, 0.2) is 0 Å². The highest BCUT2D eigenvalue weighted by atomic mass is 79.9. The summed E-state index contributed by atoms with van der Waals surface area (Å²) in [6.45, 7) is 3.46. The minimum absolute atomic E-state index is 0.268. The van der Waals surface area contributed by atoms with Crippen LogP contribution in [0.3, 0.4) is 0 Å². The van der Waals surface area contributed by atoms with Crippen molar-refractivity contribution in [3.63, 3.8) is 0 Å². The molecule has 0 spiro atoms. The van der Waals surface area contributed by atoms with Crippen LogP contribution in [-0.2, 0) is 4.79 Å². The van der Waals surface area contributed by atoms with Crippen LogP contribution in [0, 0.1) is 16.7 Å². The molecule has 0 heterocycles. The summed E-state index contributed by atoms with van der Waals surface area (Å²) in [5, 5.41) is 11.7. The Hall–Kier alpha value is -1.34. The predicted molar refractivity (Wildman–Crippen MR) is 66.8 cm³/mol. The third kappa shape index (κ3) is 2.83. The third-order valence-corrected chi connectivity index (χ3v) is 3.03. The summed E-state index contributed by atoms with van der Waals surface area (Å²) in [5.41, 5.74) is -0.281. The first-order valence-electron chi connectivity index (χ1n) is 5.00. The Bertz CT molecular complexity index is 439. The number of amides is 1. The molecule has 0 aromatic heterocycles. The number of nitrogens with zero attached hydrogens (tertiary/aromatic N) is 1. The van der Waals surface area contributed by atoms with Crippen LogP contribution in [0.15, 0.2) is 28.7 Å². The molecule has 1 rings (SSSR count). The van der Waals surface area contributed by atoms with Gasteiger partial charge in [0.1, 0.15) is 5.41 Å². The van der Waals surface area contributed by atoms with Gasteiger partial charge in [0.25, 0.3) is 0 Å². The van der Waals surface area contributed by atoms with E-state index in [0.717, 1.165) is 4.47 Å². The Morgan fingerprint density at radius 3 is 2.81 bits per heavy atom. The van der Waals surface area contributed by atoms with Crippen LogP contribution in [0.4, 0.5) is 5.69 Å². The van der Waals surface area contributed by atoms with Crippen molar-refractivity contribution in [2.24, 2.45) is 5.41 Å². The summed E-state index contributed by atoms with van der Waals surface area (Å²) in [4.78, 5) is 11.9. The summed E-state index contributed by atoms with van der Waals surface area (Å²) in [6, 6.07) is 9.33. The smallest absolute Gasteiger partial charge is 0.244 e. The van der Waals surface area contributed by atoms with Crippen molar-refractivity contribution in [2.45, 2.75) is 20.3 Å². The van der Waals surface area contributed by atoms with Gasteiger partial charge in [0.05, 0.1) is 6.07 Å². The highest BCUT2D eigenvalue weighted by Crippen LogP contribution is 2.23. The fourth-order valence-corrected chi connectivity index (χ4v) is 1.52. The zero-order valence-corrected chi connectivity index (χ0v) is 10.8. The minimum Gasteiger partial charge on any atom is -0.325 e. The number of nitriles is 1. The van der Waals surface area contributed by atoms with Gasteiger partial charge in [-0.3, -0.25) is 4.79 Å². The van der Waals surface area contributed by atoms with Crippen molar-refractivity contribution in [3.05, 3.63) is 28.7 Å². The van der Waals surface area contributed by atoms with Gasteiger partial charge < -0.3 is 5.32 Å². The molecule has 0 aliphatic rings. The lowest BCUT2D eigenvalue weighted by Gasteiger charge is -2.18. The van der Waals surface area contributed by atoms with Crippen molar-refractivity contribution in [1.29, 1.82) is 5.26 Å². The Balaban J connectivity index is 2.83. The van der Waals surface area contributed by atoms with Gasteiger partial charge in [-0.2, -0.15) is 5.26 Å². The number of hydrogen-bond donors (Lipinski definition) is 1. The molecule has 0 radical (unpaired) electrons. The number of carbonyl (C=O) groups is 1. The number of benzene rings is 1. The van der Waals surface area contributed by atoms with Gasteiger partial charge in [0, 0.05) is 10.2 Å². The quantitative estimate of drug-likeness (QED) is 0.923. The van der Waals surface area contributed by atoms with E-state index >= 15 is 0 Å². The van der Waals surface area contributed by atoms with Crippen molar-refractivity contribution in [3.8, 4) is 6.07 Å². The molecule has 1 N–H and O–H groups in total. The fourth-order valence-electron chi connectivity index (χ4n) is 1.13. The first kappa shape index (κ1) is 12.7. The largest absolute Gasteiger partial charge is 0.325 e. The molecule has 1 aromatic rings. The highest BCUT2D eigenvalue weighted by molar-refractivity contribution is 9.10. The lowest BCUT2D eigenvalue weighted by Crippen LogP contribution is -2.31. The number of hydrogen-bond acceptors (Lipinski definition) is 2. The molecule has 4 heteroatoms. The number of anilines is 1. The summed E-state index contributed by atoms with van der Waals surface area (Å²) in [5.74, 6) is -0.268. The van der Waals surface area contributed by atoms with Crippen LogP contribution >= 0.6 is 15.9 Å². The normalized spacial score (nSPS) is 13.6. The fraction of sp³-hybridized carbons (Fsp3) is 0.333. The minimum atomic E-state index is -0.970. The molecular formula is C12H13BrN2O. The second-order valence-corrected chi connectivity index (χ2v) is 4.68. The maximum Gasteiger partial charge on any atom is 0.244 e. The van der Waals surface area contributed by atoms with E-state index in [2.05, 4.69) is 21.2 Å². The van der Waals surface area contributed by atoms with Crippen molar-refractivity contribution < 1.29 is 4.79 Å². The molecule has 1 amide bonds. The number of rotatable bonds is 3. The van der Waals surface area contributed by atoms with E-state index < -0.39 is 5.41 Å². The highest BCUT2D eigenvalue weighted by Gasteiger charge is 2.31. The zero-order valence-electron chi connectivity index (χ0n) is 9.25. The molecule has 3 nitrogen and oxygen atoms in total. The van der Waals surface area contributed by atoms with Gasteiger partial charge in [-0.1, -0.05) is 28.9 Å². The molecule has 16 heavy (non-hydrogen) atoms. The van der Waals surface area contributed by atoms with Gasteiger partial charge in [0.2, 0.25) is 5.91 Å². The number of carbonyl (C=O) groups excluding carboxylic acids is 1. The van der Waals surface area contributed by atoms with Crippen LogP contribution in [0.25, 0.3) is 0 Å². The Labute approximate surface area is 104 Å². The Kier molecular flexibility index (Phi) is 4.08. The maximum atomic E-state index is 11.9. The van der Waals surface area contributed by atoms with Crippen molar-refractivity contribution in [1.82, 2.24) is 0 Å². The van der Waals surface area contributed by atoms with E-state index in [4.69, 9.17) is 5.26 Å². The monoisotopic (exact) mass is 280 g/mol. The topological polar surface area (TPSA) is 52.9 Å². The standard InChI is InChI=1S/C12H13BrN2O/c1-3-12(2,8-14)11(16)15-10-6-4-5-9(13)7-10/h4-7H,3H2,1-2H3,(H,15,16). The lowest BCUT2D eigenvalue weighted by atomic mass is 9.88. The van der Waals surface area contributed by atoms with Crippen molar-refractivity contribution in [2.75, 3.05) is 5.32 Å². The third-order valence-electron chi connectivity index (χ3n) is 2.54. The van der Waals surface area contributed by atoms with E-state index in [0.29, 0.717) is 12.1 Å².